The van der Waals surface area contributed by atoms with Crippen molar-refractivity contribution in [3.63, 3.8) is 0 Å². The fourth-order valence-corrected chi connectivity index (χ4v) is 3.37. The van der Waals surface area contributed by atoms with Crippen molar-refractivity contribution in [3.8, 4) is 0 Å². The molecule has 0 aliphatic rings. The first-order valence-electron chi connectivity index (χ1n) is 10.7. The second-order valence-corrected chi connectivity index (χ2v) is 8.04. The molecule has 0 spiro atoms. The molecule has 2 rings (SSSR count). The van der Waals surface area contributed by atoms with E-state index in [1.807, 2.05) is 100 Å². The molecule has 0 aliphatic heterocycles. The number of amides is 4. The number of carbonyl (C=O) groups excluding carboxylic acids is 2. The molecule has 0 unspecified atom stereocenters. The Morgan fingerprint density at radius 3 is 2.26 bits per heavy atom. The van der Waals surface area contributed by atoms with E-state index in [4.69, 9.17) is 0 Å². The topological polar surface area (TPSA) is 76.7 Å². The molecule has 3 N–H and O–H groups in total. The van der Waals surface area contributed by atoms with Crippen molar-refractivity contribution in [2.24, 2.45) is 0 Å². The number of benzene rings is 2. The Kier molecular flexibility index (Phi) is 8.73. The zero-order chi connectivity index (χ0) is 23.0. The predicted molar refractivity (Wildman–Crippen MR) is 128 cm³/mol. The fraction of sp³-hybridized carbons (Fsp3) is 0.417. The Labute approximate surface area is 185 Å². The molecule has 31 heavy (non-hydrogen) atoms. The lowest BCUT2D eigenvalue weighted by atomic mass is 10.0. The number of anilines is 2. The lowest BCUT2D eigenvalue weighted by molar-refractivity contribution is 0.173. The normalized spacial score (nSPS) is 11.6. The monoisotopic (exact) mass is 425 g/mol. The molecule has 2 aromatic carbocycles. The van der Waals surface area contributed by atoms with Gasteiger partial charge in [-0.3, -0.25) is 0 Å². The molecular weight excluding hydrogens is 390 g/mol. The van der Waals surface area contributed by atoms with Crippen LogP contribution in [0.15, 0.2) is 48.5 Å². The smallest absolute Gasteiger partial charge is 0.319 e. The maximum absolute atomic E-state index is 13.1. The van der Waals surface area contributed by atoms with Gasteiger partial charge in [0, 0.05) is 38.1 Å². The Bertz CT molecular complexity index is 868. The number of nitrogens with one attached hydrogen (secondary N) is 3. The standard InChI is InChI=1S/C24H35N5O2/c1-7-25-23(30)27-21-13-14-22(28(5)6)20(15-21)16-29(24(31)26-17(2)3)18(4)19-11-9-8-10-12-19/h8-15,17-18H,7,16H2,1-6H3,(H,26,31)(H2,25,27,30)/t18-/m0/s1. The van der Waals surface area contributed by atoms with Gasteiger partial charge in [0.2, 0.25) is 0 Å². The first-order valence-corrected chi connectivity index (χ1v) is 10.7. The van der Waals surface area contributed by atoms with Gasteiger partial charge in [-0.1, -0.05) is 30.3 Å². The van der Waals surface area contributed by atoms with E-state index in [1.54, 1.807) is 0 Å². The minimum atomic E-state index is -0.252. The molecule has 4 amide bonds. The van der Waals surface area contributed by atoms with Crippen LogP contribution in [-0.2, 0) is 6.54 Å². The van der Waals surface area contributed by atoms with Gasteiger partial charge < -0.3 is 25.8 Å². The molecule has 0 fully saturated rings. The third-order valence-electron chi connectivity index (χ3n) is 4.92. The van der Waals surface area contributed by atoms with Crippen molar-refractivity contribution in [1.29, 1.82) is 0 Å². The van der Waals surface area contributed by atoms with Crippen LogP contribution in [0.1, 0.15) is 44.9 Å². The molecule has 168 valence electrons. The Morgan fingerprint density at radius 1 is 1.00 bits per heavy atom. The van der Waals surface area contributed by atoms with E-state index in [9.17, 15) is 9.59 Å². The van der Waals surface area contributed by atoms with Gasteiger partial charge in [0.05, 0.1) is 12.6 Å². The first-order chi connectivity index (χ1) is 14.7. The van der Waals surface area contributed by atoms with E-state index in [2.05, 4.69) is 16.0 Å². The number of hydrogen-bond donors (Lipinski definition) is 3. The van der Waals surface area contributed by atoms with Crippen molar-refractivity contribution in [2.75, 3.05) is 30.9 Å². The van der Waals surface area contributed by atoms with Crippen molar-refractivity contribution in [3.05, 3.63) is 59.7 Å². The summed E-state index contributed by atoms with van der Waals surface area (Å²) in [5.41, 5.74) is 3.68. The van der Waals surface area contributed by atoms with E-state index in [-0.39, 0.29) is 24.1 Å². The van der Waals surface area contributed by atoms with Gasteiger partial charge in [0.1, 0.15) is 0 Å². The molecule has 0 heterocycles. The summed E-state index contributed by atoms with van der Waals surface area (Å²) in [5, 5.41) is 8.61. The SMILES string of the molecule is CCNC(=O)Nc1ccc(N(C)C)c(CN(C(=O)NC(C)C)[C@@H](C)c2ccccc2)c1. The summed E-state index contributed by atoms with van der Waals surface area (Å²) in [7, 11) is 3.93. The van der Waals surface area contributed by atoms with E-state index in [0.29, 0.717) is 18.8 Å². The quantitative estimate of drug-likeness (QED) is 0.580. The summed E-state index contributed by atoms with van der Waals surface area (Å²) < 4.78 is 0. The van der Waals surface area contributed by atoms with Gasteiger partial charge in [-0.05, 0) is 57.0 Å². The maximum atomic E-state index is 13.1. The summed E-state index contributed by atoms with van der Waals surface area (Å²) in [6.07, 6.45) is 0. The van der Waals surface area contributed by atoms with E-state index >= 15 is 0 Å². The van der Waals surface area contributed by atoms with Crippen LogP contribution >= 0.6 is 0 Å². The van der Waals surface area contributed by atoms with Gasteiger partial charge in [-0.2, -0.15) is 0 Å². The number of hydrogen-bond acceptors (Lipinski definition) is 3. The average Bonchev–Trinajstić information content (AvgIpc) is 2.71. The highest BCUT2D eigenvalue weighted by Gasteiger charge is 2.24. The molecule has 0 radical (unpaired) electrons. The van der Waals surface area contributed by atoms with Crippen LogP contribution < -0.4 is 20.9 Å². The second-order valence-electron chi connectivity index (χ2n) is 8.04. The number of urea groups is 2. The Morgan fingerprint density at radius 2 is 1.68 bits per heavy atom. The van der Waals surface area contributed by atoms with E-state index in [0.717, 1.165) is 16.8 Å². The molecule has 0 aliphatic carbocycles. The molecule has 0 saturated heterocycles. The highest BCUT2D eigenvalue weighted by molar-refractivity contribution is 5.89. The molecular formula is C24H35N5O2. The zero-order valence-corrected chi connectivity index (χ0v) is 19.4. The third kappa shape index (κ3) is 6.91. The van der Waals surface area contributed by atoms with Gasteiger partial charge in [0.15, 0.2) is 0 Å². The highest BCUT2D eigenvalue weighted by atomic mass is 16.2. The Hall–Kier alpha value is -3.22. The van der Waals surface area contributed by atoms with Crippen molar-refractivity contribution >= 4 is 23.4 Å². The Balaban J connectivity index is 2.40. The maximum Gasteiger partial charge on any atom is 0.319 e. The van der Waals surface area contributed by atoms with Crippen molar-refractivity contribution in [1.82, 2.24) is 15.5 Å². The van der Waals surface area contributed by atoms with Crippen molar-refractivity contribution < 1.29 is 9.59 Å². The summed E-state index contributed by atoms with van der Waals surface area (Å²) in [6, 6.07) is 15.3. The third-order valence-corrected chi connectivity index (χ3v) is 4.92. The van der Waals surface area contributed by atoms with Gasteiger partial charge in [-0.15, -0.1) is 0 Å². The number of rotatable bonds is 8. The summed E-state index contributed by atoms with van der Waals surface area (Å²) in [6.45, 7) is 8.74. The van der Waals surface area contributed by atoms with Crippen LogP contribution in [0, 0.1) is 0 Å². The molecule has 0 aromatic heterocycles. The number of carbonyl (C=O) groups is 2. The van der Waals surface area contributed by atoms with Gasteiger partial charge in [0.25, 0.3) is 0 Å². The molecule has 7 heteroatoms. The zero-order valence-electron chi connectivity index (χ0n) is 19.4. The molecule has 2 aromatic rings. The summed E-state index contributed by atoms with van der Waals surface area (Å²) in [4.78, 5) is 28.9. The molecule has 1 atom stereocenters. The van der Waals surface area contributed by atoms with Crippen LogP contribution in [0.3, 0.4) is 0 Å². The van der Waals surface area contributed by atoms with Crippen LogP contribution in [0.4, 0.5) is 21.0 Å². The van der Waals surface area contributed by atoms with E-state index < -0.39 is 0 Å². The van der Waals surface area contributed by atoms with E-state index in [1.165, 1.54) is 0 Å². The molecule has 7 nitrogen and oxygen atoms in total. The molecule has 0 saturated carbocycles. The fourth-order valence-electron chi connectivity index (χ4n) is 3.37. The predicted octanol–water partition coefficient (Wildman–Crippen LogP) is 4.58. The van der Waals surface area contributed by atoms with Gasteiger partial charge in [-0.25, -0.2) is 9.59 Å². The van der Waals surface area contributed by atoms with Crippen LogP contribution in [0.2, 0.25) is 0 Å². The van der Waals surface area contributed by atoms with Crippen LogP contribution in [-0.4, -0.2) is 43.6 Å². The van der Waals surface area contributed by atoms with Crippen LogP contribution in [0.5, 0.6) is 0 Å². The second kappa shape index (κ2) is 11.2. The highest BCUT2D eigenvalue weighted by Crippen LogP contribution is 2.28. The average molecular weight is 426 g/mol. The summed E-state index contributed by atoms with van der Waals surface area (Å²) in [5.74, 6) is 0. The number of nitrogens with zero attached hydrogens (tertiary/aromatic N) is 2. The largest absolute Gasteiger partial charge is 0.377 e. The molecule has 0 bridgehead atoms. The van der Waals surface area contributed by atoms with Gasteiger partial charge >= 0.3 is 12.1 Å². The van der Waals surface area contributed by atoms with Crippen molar-refractivity contribution in [2.45, 2.75) is 46.3 Å². The first kappa shape index (κ1) is 24.1. The minimum absolute atomic E-state index is 0.0250. The lowest BCUT2D eigenvalue weighted by Gasteiger charge is -2.32. The van der Waals surface area contributed by atoms with Crippen LogP contribution in [0.25, 0.3) is 0 Å². The summed E-state index contributed by atoms with van der Waals surface area (Å²) >= 11 is 0. The lowest BCUT2D eigenvalue weighted by Crippen LogP contribution is -2.44. The minimum Gasteiger partial charge on any atom is -0.377 e.